The van der Waals surface area contributed by atoms with Gasteiger partial charge < -0.3 is 9.32 Å². The van der Waals surface area contributed by atoms with E-state index < -0.39 is 0 Å². The van der Waals surface area contributed by atoms with Crippen molar-refractivity contribution < 1.29 is 4.42 Å². The maximum atomic E-state index is 6.54. The Morgan fingerprint density at radius 1 is 0.474 bits per heavy atom. The fraction of sp³-hybridized carbons (Fsp3) is 0.236. The average molecular weight is 736 g/mol. The summed E-state index contributed by atoms with van der Waals surface area (Å²) in [5.41, 5.74) is 19.4. The Bertz CT molecular complexity index is 2940. The molecule has 0 saturated heterocycles. The van der Waals surface area contributed by atoms with E-state index >= 15 is 0 Å². The Hall–Kier alpha value is -5.86. The van der Waals surface area contributed by atoms with Gasteiger partial charge in [0.1, 0.15) is 11.2 Å². The fourth-order valence-electron chi connectivity index (χ4n) is 13.3. The maximum absolute atomic E-state index is 6.54. The van der Waals surface area contributed by atoms with Crippen LogP contribution in [0.1, 0.15) is 68.2 Å². The molecule has 0 atom stereocenters. The molecule has 6 aliphatic rings. The minimum atomic E-state index is -0.113. The molecule has 14 rings (SSSR count). The molecule has 276 valence electrons. The lowest BCUT2D eigenvalue weighted by Crippen LogP contribution is -2.55. The lowest BCUT2D eigenvalue weighted by molar-refractivity contribution is -0.0399. The molecule has 0 N–H and O–H groups in total. The summed E-state index contributed by atoms with van der Waals surface area (Å²) in [6.45, 7) is 4.77. The highest BCUT2D eigenvalue weighted by Gasteiger charge is 2.61. The molecular weight excluding hydrogens is 691 g/mol. The Kier molecular flexibility index (Phi) is 6.44. The van der Waals surface area contributed by atoms with E-state index in [-0.39, 0.29) is 10.8 Å². The van der Waals surface area contributed by atoms with Crippen LogP contribution in [0.25, 0.3) is 55.3 Å². The highest BCUT2D eigenvalue weighted by atomic mass is 16.3. The van der Waals surface area contributed by atoms with E-state index in [2.05, 4.69) is 170 Å². The second-order valence-electron chi connectivity index (χ2n) is 18.5. The Morgan fingerprint density at radius 2 is 1.12 bits per heavy atom. The Morgan fingerprint density at radius 3 is 1.95 bits per heavy atom. The number of hydrogen-bond acceptors (Lipinski definition) is 2. The van der Waals surface area contributed by atoms with Gasteiger partial charge in [0.15, 0.2) is 0 Å². The average Bonchev–Trinajstić information content (AvgIpc) is 3.84. The molecule has 0 unspecified atom stereocenters. The Labute approximate surface area is 334 Å². The van der Waals surface area contributed by atoms with E-state index in [1.165, 1.54) is 88.0 Å². The molecule has 1 spiro atoms. The number of hydrogen-bond donors (Lipinski definition) is 0. The van der Waals surface area contributed by atoms with Crippen LogP contribution in [-0.2, 0) is 10.8 Å². The second-order valence-corrected chi connectivity index (χ2v) is 18.5. The lowest BCUT2D eigenvalue weighted by atomic mass is 9.43. The molecule has 1 heterocycles. The second kappa shape index (κ2) is 11.4. The van der Waals surface area contributed by atoms with Crippen LogP contribution in [0.3, 0.4) is 0 Å². The molecule has 4 fully saturated rings. The van der Waals surface area contributed by atoms with Crippen LogP contribution in [0.2, 0.25) is 0 Å². The highest BCUT2D eigenvalue weighted by Crippen LogP contribution is 2.70. The quantitative estimate of drug-likeness (QED) is 0.179. The van der Waals surface area contributed by atoms with Crippen LogP contribution in [-0.4, -0.2) is 0 Å². The van der Waals surface area contributed by atoms with Crippen molar-refractivity contribution in [2.24, 2.45) is 23.7 Å². The van der Waals surface area contributed by atoms with Crippen LogP contribution in [0.4, 0.5) is 17.1 Å². The van der Waals surface area contributed by atoms with E-state index in [0.717, 1.165) is 39.5 Å². The molecule has 4 bridgehead atoms. The summed E-state index contributed by atoms with van der Waals surface area (Å²) < 4.78 is 6.54. The maximum Gasteiger partial charge on any atom is 0.137 e. The van der Waals surface area contributed by atoms with Gasteiger partial charge in [-0.3, -0.25) is 0 Å². The van der Waals surface area contributed by atoms with Gasteiger partial charge in [-0.05, 0) is 160 Å². The molecular formula is C55H45NO. The van der Waals surface area contributed by atoms with Crippen LogP contribution >= 0.6 is 0 Å². The third-order valence-corrected chi connectivity index (χ3v) is 15.4. The molecule has 8 aromatic rings. The van der Waals surface area contributed by atoms with Gasteiger partial charge in [0, 0.05) is 27.6 Å². The monoisotopic (exact) mass is 735 g/mol. The molecule has 1 aromatic heterocycles. The number of benzene rings is 7. The van der Waals surface area contributed by atoms with Crippen molar-refractivity contribution in [2.45, 2.75) is 56.8 Å². The van der Waals surface area contributed by atoms with E-state index in [9.17, 15) is 0 Å². The van der Waals surface area contributed by atoms with Crippen molar-refractivity contribution in [3.8, 4) is 33.4 Å². The van der Waals surface area contributed by atoms with E-state index in [4.69, 9.17) is 4.42 Å². The minimum absolute atomic E-state index is 0.0980. The summed E-state index contributed by atoms with van der Waals surface area (Å²) in [6, 6.07) is 57.4. The number of furan rings is 1. The van der Waals surface area contributed by atoms with Gasteiger partial charge in [0.05, 0.1) is 11.1 Å². The van der Waals surface area contributed by atoms with Crippen molar-refractivity contribution >= 4 is 39.0 Å². The van der Waals surface area contributed by atoms with Crippen molar-refractivity contribution in [3.05, 3.63) is 174 Å². The Balaban J connectivity index is 1.07. The molecule has 57 heavy (non-hydrogen) atoms. The van der Waals surface area contributed by atoms with Crippen molar-refractivity contribution in [1.29, 1.82) is 0 Å². The molecule has 2 nitrogen and oxygen atoms in total. The first-order valence-electron chi connectivity index (χ1n) is 21.3. The first kappa shape index (κ1) is 32.2. The van der Waals surface area contributed by atoms with Crippen molar-refractivity contribution in [1.82, 2.24) is 0 Å². The zero-order valence-electron chi connectivity index (χ0n) is 32.6. The fourth-order valence-corrected chi connectivity index (χ4v) is 13.3. The van der Waals surface area contributed by atoms with Crippen molar-refractivity contribution in [3.63, 3.8) is 0 Å². The van der Waals surface area contributed by atoms with Gasteiger partial charge in [-0.2, -0.15) is 0 Å². The molecule has 2 heteroatoms. The van der Waals surface area contributed by atoms with Gasteiger partial charge in [-0.25, -0.2) is 0 Å². The normalized spacial score (nSPS) is 24.2. The van der Waals surface area contributed by atoms with Gasteiger partial charge in [-0.15, -0.1) is 0 Å². The summed E-state index contributed by atoms with van der Waals surface area (Å²) in [5.74, 6) is 3.24. The van der Waals surface area contributed by atoms with Crippen molar-refractivity contribution in [2.75, 3.05) is 4.90 Å². The van der Waals surface area contributed by atoms with Gasteiger partial charge in [-0.1, -0.05) is 117 Å². The van der Waals surface area contributed by atoms with E-state index in [0.29, 0.717) is 11.8 Å². The number of rotatable bonds is 4. The first-order valence-corrected chi connectivity index (χ1v) is 21.3. The summed E-state index contributed by atoms with van der Waals surface area (Å²) in [6.07, 6.45) is 6.97. The van der Waals surface area contributed by atoms with Crippen LogP contribution < -0.4 is 4.90 Å². The lowest BCUT2D eigenvalue weighted by Gasteiger charge is -2.61. The zero-order chi connectivity index (χ0) is 37.6. The third kappa shape index (κ3) is 4.26. The molecule has 7 aromatic carbocycles. The van der Waals surface area contributed by atoms with Crippen LogP contribution in [0.5, 0.6) is 0 Å². The smallest absolute Gasteiger partial charge is 0.137 e. The highest BCUT2D eigenvalue weighted by molar-refractivity contribution is 6.13. The van der Waals surface area contributed by atoms with Crippen LogP contribution in [0, 0.1) is 23.7 Å². The third-order valence-electron chi connectivity index (χ3n) is 15.4. The largest absolute Gasteiger partial charge is 0.456 e. The summed E-state index contributed by atoms with van der Waals surface area (Å²) in [4.78, 5) is 2.53. The predicted molar refractivity (Wildman–Crippen MR) is 235 cm³/mol. The van der Waals surface area contributed by atoms with Gasteiger partial charge in [0.25, 0.3) is 0 Å². The molecule has 6 aliphatic carbocycles. The summed E-state index contributed by atoms with van der Waals surface area (Å²) in [5, 5.41) is 2.30. The number of para-hydroxylation sites is 1. The molecule has 4 saturated carbocycles. The standard InChI is InChI=1S/C55H45NO/c1-54(2)46-15-8-6-13-41(46)42-22-20-40(32-49(42)54)56(50-16-10-18-52-53(50)43-14-7-9-17-51(43)57-52)39-21-24-48-45(31-39)44-30-36(35-11-4-3-5-12-35)19-23-47(44)55(48)37-26-33-25-34(28-37)29-38(55)27-33/h3-24,30-34,37-38H,25-29H2,1-2H3. The zero-order valence-corrected chi connectivity index (χ0v) is 32.6. The van der Waals surface area contributed by atoms with E-state index in [1.54, 1.807) is 11.1 Å². The topological polar surface area (TPSA) is 16.4 Å². The predicted octanol–water partition coefficient (Wildman–Crippen LogP) is 14.8. The number of nitrogens with zero attached hydrogens (tertiary/aromatic N) is 1. The number of anilines is 3. The number of fused-ring (bicyclic) bond motifs is 9. The summed E-state index contributed by atoms with van der Waals surface area (Å²) >= 11 is 0. The summed E-state index contributed by atoms with van der Waals surface area (Å²) in [7, 11) is 0. The minimum Gasteiger partial charge on any atom is -0.456 e. The van der Waals surface area contributed by atoms with Gasteiger partial charge in [0.2, 0.25) is 0 Å². The van der Waals surface area contributed by atoms with Crippen LogP contribution in [0.15, 0.2) is 156 Å². The molecule has 0 aliphatic heterocycles. The molecule has 0 radical (unpaired) electrons. The first-order chi connectivity index (χ1) is 28.0. The van der Waals surface area contributed by atoms with E-state index in [1.807, 2.05) is 0 Å². The molecule has 0 amide bonds. The van der Waals surface area contributed by atoms with Gasteiger partial charge >= 0.3 is 0 Å². The SMILES string of the molecule is CC1(C)c2ccccc2-c2ccc(N(c3ccc4c(c3)-c3cc(-c5ccccc5)ccc3C43C4CC5CC(C4)CC3C5)c3cccc4oc5ccccc5c34)cc21.